The summed E-state index contributed by atoms with van der Waals surface area (Å²) in [4.78, 5) is 0. The molecule has 1 rings (SSSR count). The van der Waals surface area contributed by atoms with Crippen molar-refractivity contribution < 1.29 is 0 Å². The highest BCUT2D eigenvalue weighted by atomic mass is 32.2. The molecule has 12 heavy (non-hydrogen) atoms. The third-order valence-electron chi connectivity index (χ3n) is 2.87. The van der Waals surface area contributed by atoms with Gasteiger partial charge in [0.1, 0.15) is 0 Å². The molecule has 2 unspecified atom stereocenters. The number of hydrogen-bond donors (Lipinski definition) is 1. The van der Waals surface area contributed by atoms with Crippen LogP contribution < -0.4 is 5.32 Å². The second kappa shape index (κ2) is 4.01. The Morgan fingerprint density at radius 1 is 1.58 bits per heavy atom. The van der Waals surface area contributed by atoms with Gasteiger partial charge in [0.15, 0.2) is 0 Å². The standard InChI is InChI=1S/C10H21NS/c1-5-8(2)6-11-9-7-12-10(9,3)4/h8-9,11H,5-7H2,1-4H3. The molecule has 0 bridgehead atoms. The van der Waals surface area contributed by atoms with Crippen molar-refractivity contribution in [2.45, 2.75) is 44.9 Å². The van der Waals surface area contributed by atoms with Gasteiger partial charge in [0.25, 0.3) is 0 Å². The zero-order valence-electron chi connectivity index (χ0n) is 8.68. The minimum Gasteiger partial charge on any atom is -0.312 e. The predicted molar refractivity (Wildman–Crippen MR) is 57.8 cm³/mol. The average molecular weight is 187 g/mol. The lowest BCUT2D eigenvalue weighted by molar-refractivity contribution is 0.394. The SMILES string of the molecule is CCC(C)CNC1CSC1(C)C. The van der Waals surface area contributed by atoms with E-state index in [2.05, 4.69) is 44.8 Å². The molecule has 0 saturated carbocycles. The van der Waals surface area contributed by atoms with Crippen molar-refractivity contribution in [3.63, 3.8) is 0 Å². The van der Waals surface area contributed by atoms with Crippen LogP contribution in [0.15, 0.2) is 0 Å². The van der Waals surface area contributed by atoms with Gasteiger partial charge in [-0.05, 0) is 26.3 Å². The molecule has 0 aromatic carbocycles. The number of nitrogens with one attached hydrogen (secondary N) is 1. The number of rotatable bonds is 4. The fourth-order valence-corrected chi connectivity index (χ4v) is 2.49. The molecule has 1 heterocycles. The molecule has 0 aliphatic carbocycles. The predicted octanol–water partition coefficient (Wildman–Crippen LogP) is 2.52. The molecule has 0 aromatic rings. The highest BCUT2D eigenvalue weighted by molar-refractivity contribution is 8.02. The Kier molecular flexibility index (Phi) is 3.47. The largest absolute Gasteiger partial charge is 0.312 e. The van der Waals surface area contributed by atoms with E-state index < -0.39 is 0 Å². The van der Waals surface area contributed by atoms with E-state index in [9.17, 15) is 0 Å². The van der Waals surface area contributed by atoms with E-state index in [1.165, 1.54) is 18.7 Å². The van der Waals surface area contributed by atoms with Gasteiger partial charge in [0.2, 0.25) is 0 Å². The molecular weight excluding hydrogens is 166 g/mol. The molecule has 1 nitrogen and oxygen atoms in total. The molecule has 1 aliphatic heterocycles. The quantitative estimate of drug-likeness (QED) is 0.726. The Balaban J connectivity index is 2.16. The Bertz CT molecular complexity index is 145. The van der Waals surface area contributed by atoms with Crippen LogP contribution in [0.4, 0.5) is 0 Å². The maximum Gasteiger partial charge on any atom is 0.0300 e. The first-order valence-corrected chi connectivity index (χ1v) is 5.92. The van der Waals surface area contributed by atoms with E-state index in [1.54, 1.807) is 0 Å². The summed E-state index contributed by atoms with van der Waals surface area (Å²) in [5.41, 5.74) is 0. The lowest BCUT2D eigenvalue weighted by atomic mass is 10.0. The van der Waals surface area contributed by atoms with Crippen LogP contribution in [-0.2, 0) is 0 Å². The van der Waals surface area contributed by atoms with E-state index in [-0.39, 0.29) is 0 Å². The van der Waals surface area contributed by atoms with E-state index in [4.69, 9.17) is 0 Å². The topological polar surface area (TPSA) is 12.0 Å². The van der Waals surface area contributed by atoms with Crippen LogP contribution in [0.25, 0.3) is 0 Å². The second-order valence-corrected chi connectivity index (χ2v) is 6.06. The first-order valence-electron chi connectivity index (χ1n) is 4.93. The molecule has 1 aliphatic rings. The van der Waals surface area contributed by atoms with Crippen LogP contribution in [0.5, 0.6) is 0 Å². The highest BCUT2D eigenvalue weighted by Crippen LogP contribution is 2.39. The zero-order valence-corrected chi connectivity index (χ0v) is 9.50. The summed E-state index contributed by atoms with van der Waals surface area (Å²) < 4.78 is 0.480. The summed E-state index contributed by atoms with van der Waals surface area (Å²) >= 11 is 2.07. The minimum atomic E-state index is 0.480. The molecule has 1 N–H and O–H groups in total. The van der Waals surface area contributed by atoms with Gasteiger partial charge in [-0.2, -0.15) is 11.8 Å². The van der Waals surface area contributed by atoms with Gasteiger partial charge in [0.05, 0.1) is 0 Å². The van der Waals surface area contributed by atoms with E-state index in [0.29, 0.717) is 4.75 Å². The van der Waals surface area contributed by atoms with Crippen LogP contribution in [-0.4, -0.2) is 23.1 Å². The molecule has 72 valence electrons. The summed E-state index contributed by atoms with van der Waals surface area (Å²) in [5, 5.41) is 3.64. The Hall–Kier alpha value is 0.310. The first-order chi connectivity index (χ1) is 5.56. The van der Waals surface area contributed by atoms with E-state index in [0.717, 1.165) is 12.0 Å². The fourth-order valence-electron chi connectivity index (χ4n) is 1.29. The smallest absolute Gasteiger partial charge is 0.0300 e. The highest BCUT2D eigenvalue weighted by Gasteiger charge is 2.38. The van der Waals surface area contributed by atoms with Crippen molar-refractivity contribution in [2.75, 3.05) is 12.3 Å². The van der Waals surface area contributed by atoms with Crippen molar-refractivity contribution >= 4 is 11.8 Å². The molecule has 1 saturated heterocycles. The monoisotopic (exact) mass is 187 g/mol. The van der Waals surface area contributed by atoms with Gasteiger partial charge in [-0.3, -0.25) is 0 Å². The summed E-state index contributed by atoms with van der Waals surface area (Å²) in [7, 11) is 0. The molecule has 0 radical (unpaired) electrons. The third kappa shape index (κ3) is 2.40. The second-order valence-electron chi connectivity index (χ2n) is 4.39. The lowest BCUT2D eigenvalue weighted by Crippen LogP contribution is -2.55. The van der Waals surface area contributed by atoms with E-state index in [1.807, 2.05) is 0 Å². The lowest BCUT2D eigenvalue weighted by Gasteiger charge is -2.44. The first kappa shape index (κ1) is 10.4. The zero-order chi connectivity index (χ0) is 9.19. The van der Waals surface area contributed by atoms with Crippen LogP contribution in [0.1, 0.15) is 34.1 Å². The molecule has 2 atom stereocenters. The molecule has 0 aromatic heterocycles. The normalized spacial score (nSPS) is 29.5. The van der Waals surface area contributed by atoms with Crippen molar-refractivity contribution in [2.24, 2.45) is 5.92 Å². The van der Waals surface area contributed by atoms with Crippen LogP contribution in [0.3, 0.4) is 0 Å². The third-order valence-corrected chi connectivity index (χ3v) is 4.40. The summed E-state index contributed by atoms with van der Waals surface area (Å²) in [6.07, 6.45) is 1.29. The van der Waals surface area contributed by atoms with Crippen LogP contribution in [0, 0.1) is 5.92 Å². The summed E-state index contributed by atoms with van der Waals surface area (Å²) in [6.45, 7) is 10.4. The van der Waals surface area contributed by atoms with Crippen molar-refractivity contribution in [3.8, 4) is 0 Å². The van der Waals surface area contributed by atoms with Gasteiger partial charge in [-0.1, -0.05) is 20.3 Å². The number of thioether (sulfide) groups is 1. The van der Waals surface area contributed by atoms with Crippen LogP contribution in [0.2, 0.25) is 0 Å². The van der Waals surface area contributed by atoms with Crippen molar-refractivity contribution in [1.29, 1.82) is 0 Å². The maximum absolute atomic E-state index is 3.64. The number of hydrogen-bond acceptors (Lipinski definition) is 2. The van der Waals surface area contributed by atoms with Crippen molar-refractivity contribution in [3.05, 3.63) is 0 Å². The average Bonchev–Trinajstić information content (AvgIpc) is 2.02. The van der Waals surface area contributed by atoms with Gasteiger partial charge < -0.3 is 5.32 Å². The van der Waals surface area contributed by atoms with Crippen LogP contribution >= 0.6 is 11.8 Å². The Morgan fingerprint density at radius 3 is 2.58 bits per heavy atom. The Labute approximate surface area is 80.7 Å². The summed E-state index contributed by atoms with van der Waals surface area (Å²) in [6, 6.07) is 0.747. The van der Waals surface area contributed by atoms with Gasteiger partial charge in [-0.25, -0.2) is 0 Å². The van der Waals surface area contributed by atoms with Gasteiger partial charge >= 0.3 is 0 Å². The summed E-state index contributed by atoms with van der Waals surface area (Å²) in [5.74, 6) is 2.12. The minimum absolute atomic E-state index is 0.480. The molecule has 0 spiro atoms. The molecule has 0 amide bonds. The van der Waals surface area contributed by atoms with Gasteiger partial charge in [0, 0.05) is 16.5 Å². The molecular formula is C10H21NS. The Morgan fingerprint density at radius 2 is 2.25 bits per heavy atom. The van der Waals surface area contributed by atoms with Crippen molar-refractivity contribution in [1.82, 2.24) is 5.32 Å². The maximum atomic E-state index is 3.64. The van der Waals surface area contributed by atoms with E-state index >= 15 is 0 Å². The van der Waals surface area contributed by atoms with Gasteiger partial charge in [-0.15, -0.1) is 0 Å². The molecule has 2 heteroatoms. The molecule has 1 fully saturated rings. The fraction of sp³-hybridized carbons (Fsp3) is 1.00.